The minimum atomic E-state index is -1.26. The van der Waals surface area contributed by atoms with Gasteiger partial charge < -0.3 is 14.9 Å². The molecule has 178 valence electrons. The number of hydrogen-bond donors (Lipinski definition) is 2. The van der Waals surface area contributed by atoms with Gasteiger partial charge in [-0.2, -0.15) is 0 Å². The van der Waals surface area contributed by atoms with E-state index in [9.17, 15) is 18.8 Å². The van der Waals surface area contributed by atoms with E-state index in [1.807, 2.05) is 39.1 Å². The Morgan fingerprint density at radius 2 is 1.70 bits per heavy atom. The average Bonchev–Trinajstić information content (AvgIpc) is 2.72. The van der Waals surface area contributed by atoms with Crippen LogP contribution < -0.4 is 4.74 Å². The van der Waals surface area contributed by atoms with Gasteiger partial charge in [-0.25, -0.2) is 14.0 Å². The summed E-state index contributed by atoms with van der Waals surface area (Å²) in [5.41, 5.74) is 1.10. The normalized spacial score (nSPS) is 10.8. The number of carboxylic acids is 2. The minimum Gasteiger partial charge on any atom is -0.489 e. The van der Waals surface area contributed by atoms with Gasteiger partial charge in [-0.3, -0.25) is 9.69 Å². The highest BCUT2D eigenvalue weighted by atomic mass is 19.1. The van der Waals surface area contributed by atoms with E-state index in [0.29, 0.717) is 24.5 Å². The standard InChI is InChI=1S/C21H26FNO2.C4H4O4/c1-5-13-23(4)14-6-7-15-25-18-11-12-19(20(22)16-18)21(24)10-8-9-17(2)3;5-3(6)1-2-4(7)8/h5-12,16H,1,13-15H2,2-4H3;1-2H,(H,5,6)(H,7,8)/b7-6+,10-8+;2-1+. The molecule has 8 heteroatoms. The lowest BCUT2D eigenvalue weighted by Gasteiger charge is -2.10. The van der Waals surface area contributed by atoms with E-state index in [1.54, 1.807) is 18.2 Å². The van der Waals surface area contributed by atoms with Crippen molar-refractivity contribution in [2.24, 2.45) is 0 Å². The van der Waals surface area contributed by atoms with Gasteiger partial charge in [0.15, 0.2) is 5.78 Å². The Kier molecular flexibility index (Phi) is 14.9. The molecular weight excluding hydrogens is 429 g/mol. The van der Waals surface area contributed by atoms with Crippen molar-refractivity contribution in [3.63, 3.8) is 0 Å². The van der Waals surface area contributed by atoms with Gasteiger partial charge in [0.25, 0.3) is 0 Å². The smallest absolute Gasteiger partial charge is 0.328 e. The molecule has 2 N–H and O–H groups in total. The van der Waals surface area contributed by atoms with Gasteiger partial charge in [-0.05, 0) is 39.1 Å². The Bertz CT molecular complexity index is 911. The highest BCUT2D eigenvalue weighted by Crippen LogP contribution is 2.17. The van der Waals surface area contributed by atoms with Gasteiger partial charge in [0, 0.05) is 31.3 Å². The van der Waals surface area contributed by atoms with E-state index in [-0.39, 0.29) is 11.3 Å². The first-order valence-corrected chi connectivity index (χ1v) is 9.93. The average molecular weight is 460 g/mol. The highest BCUT2D eigenvalue weighted by molar-refractivity contribution is 6.04. The second-order valence-electron chi connectivity index (χ2n) is 6.91. The van der Waals surface area contributed by atoms with Crippen LogP contribution in [0.3, 0.4) is 0 Å². The van der Waals surface area contributed by atoms with Crippen molar-refractivity contribution in [2.45, 2.75) is 13.8 Å². The molecule has 0 aliphatic carbocycles. The number of carbonyl (C=O) groups is 3. The molecule has 0 aliphatic heterocycles. The van der Waals surface area contributed by atoms with Crippen LogP contribution in [0, 0.1) is 5.82 Å². The Morgan fingerprint density at radius 1 is 1.06 bits per heavy atom. The number of carbonyl (C=O) groups excluding carboxylic acids is 1. The second-order valence-corrected chi connectivity index (χ2v) is 6.91. The largest absolute Gasteiger partial charge is 0.489 e. The van der Waals surface area contributed by atoms with Crippen LogP contribution in [0.25, 0.3) is 0 Å². The minimum absolute atomic E-state index is 0.0346. The van der Waals surface area contributed by atoms with Gasteiger partial charge >= 0.3 is 11.9 Å². The fraction of sp³-hybridized carbons (Fsp3) is 0.240. The lowest BCUT2D eigenvalue weighted by atomic mass is 10.1. The van der Waals surface area contributed by atoms with Crippen LogP contribution in [0.2, 0.25) is 0 Å². The van der Waals surface area contributed by atoms with Gasteiger partial charge in [0.2, 0.25) is 0 Å². The van der Waals surface area contributed by atoms with Crippen molar-refractivity contribution in [2.75, 3.05) is 26.7 Å². The second kappa shape index (κ2) is 16.9. The zero-order valence-corrected chi connectivity index (χ0v) is 19.0. The lowest BCUT2D eigenvalue weighted by molar-refractivity contribution is -0.134. The zero-order valence-electron chi connectivity index (χ0n) is 19.0. The Balaban J connectivity index is 0.00000109. The van der Waals surface area contributed by atoms with E-state index in [1.165, 1.54) is 18.2 Å². The quantitative estimate of drug-likeness (QED) is 0.208. The fourth-order valence-electron chi connectivity index (χ4n) is 2.11. The van der Waals surface area contributed by atoms with E-state index < -0.39 is 17.8 Å². The molecular formula is C25H30FNO6. The molecule has 0 amide bonds. The predicted molar refractivity (Wildman–Crippen MR) is 126 cm³/mol. The Labute approximate surface area is 193 Å². The SMILES string of the molecule is C=CCN(C)C/C=C/COc1ccc(C(=O)/C=C/C=C(C)C)c(F)c1.O=C(O)/C=C/C(=O)O. The third-order valence-electron chi connectivity index (χ3n) is 3.62. The first kappa shape index (κ1) is 29.2. The maximum Gasteiger partial charge on any atom is 0.328 e. The van der Waals surface area contributed by atoms with Gasteiger partial charge in [0.1, 0.15) is 18.2 Å². The third kappa shape index (κ3) is 15.6. The van der Waals surface area contributed by atoms with E-state index >= 15 is 0 Å². The summed E-state index contributed by atoms with van der Waals surface area (Å²) in [6.45, 7) is 9.47. The van der Waals surface area contributed by atoms with Crippen molar-refractivity contribution in [3.8, 4) is 5.75 Å². The number of halogens is 1. The van der Waals surface area contributed by atoms with Crippen LogP contribution in [0.15, 0.2) is 79.0 Å². The van der Waals surface area contributed by atoms with Gasteiger partial charge in [0.05, 0.1) is 5.56 Å². The number of likely N-dealkylation sites (N-methyl/N-ethyl adjacent to an activating group) is 1. The molecule has 0 radical (unpaired) electrons. The maximum atomic E-state index is 14.1. The number of hydrogen-bond acceptors (Lipinski definition) is 5. The molecule has 1 aromatic carbocycles. The Morgan fingerprint density at radius 3 is 2.21 bits per heavy atom. The number of ether oxygens (including phenoxy) is 1. The summed E-state index contributed by atoms with van der Waals surface area (Å²) in [4.78, 5) is 33.2. The van der Waals surface area contributed by atoms with Crippen molar-refractivity contribution in [3.05, 3.63) is 90.3 Å². The zero-order chi connectivity index (χ0) is 25.2. The van der Waals surface area contributed by atoms with E-state index in [2.05, 4.69) is 11.5 Å². The maximum absolute atomic E-state index is 14.1. The highest BCUT2D eigenvalue weighted by Gasteiger charge is 2.09. The number of aliphatic carboxylic acids is 2. The van der Waals surface area contributed by atoms with Crippen LogP contribution in [-0.4, -0.2) is 59.6 Å². The third-order valence-corrected chi connectivity index (χ3v) is 3.62. The van der Waals surface area contributed by atoms with Crippen molar-refractivity contribution >= 4 is 17.7 Å². The van der Waals surface area contributed by atoms with Crippen LogP contribution in [0.5, 0.6) is 5.75 Å². The number of benzene rings is 1. The first-order valence-electron chi connectivity index (χ1n) is 9.93. The topological polar surface area (TPSA) is 104 Å². The summed E-state index contributed by atoms with van der Waals surface area (Å²) in [7, 11) is 1.99. The van der Waals surface area contributed by atoms with Crippen LogP contribution in [-0.2, 0) is 9.59 Å². The Hall–Kier alpha value is -3.78. The van der Waals surface area contributed by atoms with Crippen LogP contribution in [0.1, 0.15) is 24.2 Å². The molecule has 0 atom stereocenters. The molecule has 0 saturated heterocycles. The molecule has 1 aromatic rings. The number of nitrogens with zero attached hydrogens (tertiary/aromatic N) is 1. The summed E-state index contributed by atoms with van der Waals surface area (Å²) in [6.07, 6.45) is 11.6. The predicted octanol–water partition coefficient (Wildman–Crippen LogP) is 4.30. The molecule has 0 spiro atoms. The molecule has 0 fully saturated rings. The summed E-state index contributed by atoms with van der Waals surface area (Å²) in [5.74, 6) is -3.07. The molecule has 0 heterocycles. The van der Waals surface area contributed by atoms with Crippen molar-refractivity contribution < 1.29 is 33.7 Å². The lowest BCUT2D eigenvalue weighted by Crippen LogP contribution is -2.17. The van der Waals surface area contributed by atoms with Crippen molar-refractivity contribution in [1.82, 2.24) is 4.90 Å². The van der Waals surface area contributed by atoms with E-state index in [4.69, 9.17) is 14.9 Å². The number of carboxylic acid groups (broad SMARTS) is 2. The molecule has 0 bridgehead atoms. The van der Waals surface area contributed by atoms with Crippen molar-refractivity contribution in [1.29, 1.82) is 0 Å². The van der Waals surface area contributed by atoms with Crippen LogP contribution in [0.4, 0.5) is 4.39 Å². The fourth-order valence-corrected chi connectivity index (χ4v) is 2.11. The molecule has 1 rings (SSSR count). The summed E-state index contributed by atoms with van der Waals surface area (Å²) in [5, 5.41) is 15.6. The summed E-state index contributed by atoms with van der Waals surface area (Å²) in [6, 6.07) is 4.28. The molecule has 7 nitrogen and oxygen atoms in total. The molecule has 0 unspecified atom stereocenters. The number of ketones is 1. The number of rotatable bonds is 12. The van der Waals surface area contributed by atoms with E-state index in [0.717, 1.165) is 18.7 Å². The molecule has 0 saturated carbocycles. The molecule has 0 aliphatic rings. The molecule has 0 aromatic heterocycles. The summed E-state index contributed by atoms with van der Waals surface area (Å²) >= 11 is 0. The number of allylic oxidation sites excluding steroid dienone is 4. The summed E-state index contributed by atoms with van der Waals surface area (Å²) < 4.78 is 19.5. The molecule has 33 heavy (non-hydrogen) atoms. The monoisotopic (exact) mass is 459 g/mol. The van der Waals surface area contributed by atoms with Gasteiger partial charge in [-0.1, -0.05) is 36.0 Å². The van der Waals surface area contributed by atoms with Gasteiger partial charge in [-0.15, -0.1) is 6.58 Å². The van der Waals surface area contributed by atoms with Crippen LogP contribution >= 0.6 is 0 Å². The first-order chi connectivity index (χ1) is 15.6.